The predicted molar refractivity (Wildman–Crippen MR) is 129 cm³/mol. The lowest BCUT2D eigenvalue weighted by Gasteiger charge is -2.15. The summed E-state index contributed by atoms with van der Waals surface area (Å²) in [5.74, 6) is -0.481. The third kappa shape index (κ3) is 7.53. The highest BCUT2D eigenvalue weighted by molar-refractivity contribution is 7.94. The van der Waals surface area contributed by atoms with E-state index in [-0.39, 0.29) is 46.5 Å². The number of carbonyl (C=O) groups is 1. The molecule has 0 aliphatic heterocycles. The van der Waals surface area contributed by atoms with E-state index in [4.69, 9.17) is 4.74 Å². The fraction of sp³-hybridized carbons (Fsp3) is 0.346. The highest BCUT2D eigenvalue weighted by atomic mass is 32.2. The number of rotatable bonds is 10. The van der Waals surface area contributed by atoms with Crippen molar-refractivity contribution in [3.63, 3.8) is 0 Å². The Bertz CT molecular complexity index is 1210. The van der Waals surface area contributed by atoms with E-state index >= 15 is 0 Å². The second kappa shape index (κ2) is 11.7. The van der Waals surface area contributed by atoms with Crippen LogP contribution in [0.2, 0.25) is 0 Å². The minimum Gasteiger partial charge on any atom is -0.495 e. The number of aryl methyl sites for hydroxylation is 1. The third-order valence-corrected chi connectivity index (χ3v) is 6.99. The van der Waals surface area contributed by atoms with Gasteiger partial charge in [-0.3, -0.25) is 4.79 Å². The minimum atomic E-state index is -4.54. The van der Waals surface area contributed by atoms with Crippen molar-refractivity contribution in [1.82, 2.24) is 0 Å². The Labute approximate surface area is 203 Å². The van der Waals surface area contributed by atoms with Crippen molar-refractivity contribution in [3.05, 3.63) is 70.1 Å². The number of Topliss-reactive ketones (excluding diaryl/α,β-unsaturated/α-hetero) is 1. The van der Waals surface area contributed by atoms with Crippen LogP contribution in [0.1, 0.15) is 42.5 Å². The molecular weight excluding hydrogens is 481 g/mol. The van der Waals surface area contributed by atoms with Crippen LogP contribution >= 0.6 is 0 Å². The zero-order valence-electron chi connectivity index (χ0n) is 20.0. The van der Waals surface area contributed by atoms with Crippen LogP contribution in [0.15, 0.2) is 52.8 Å². The lowest BCUT2D eigenvalue weighted by atomic mass is 9.90. The number of ketones is 1. The molecule has 2 rings (SSSR count). The molecule has 5 nitrogen and oxygen atoms in total. The summed E-state index contributed by atoms with van der Waals surface area (Å²) in [6, 6.07) is 7.94. The summed E-state index contributed by atoms with van der Waals surface area (Å²) in [4.78, 5) is 12.1. The van der Waals surface area contributed by atoms with Gasteiger partial charge in [-0.25, -0.2) is 8.42 Å². The molecule has 1 atom stereocenters. The van der Waals surface area contributed by atoms with Gasteiger partial charge in [0.05, 0.1) is 19.3 Å². The van der Waals surface area contributed by atoms with Crippen molar-refractivity contribution in [3.8, 4) is 5.75 Å². The van der Waals surface area contributed by atoms with Crippen LogP contribution < -0.4 is 4.74 Å². The van der Waals surface area contributed by atoms with Crippen LogP contribution in [-0.2, 0) is 20.8 Å². The molecule has 0 radical (unpaired) electrons. The Hall–Kier alpha value is -2.91. The molecule has 0 spiro atoms. The number of hydrogen-bond acceptors (Lipinski definition) is 5. The highest BCUT2D eigenvalue weighted by Gasteiger charge is 2.32. The second-order valence-corrected chi connectivity index (χ2v) is 10.2. The Kier molecular flexibility index (Phi) is 9.45. The lowest BCUT2D eigenvalue weighted by molar-refractivity contribution is -0.138. The molecule has 0 aromatic heterocycles. The summed E-state index contributed by atoms with van der Waals surface area (Å²) >= 11 is 0. The first-order chi connectivity index (χ1) is 16.3. The fourth-order valence-corrected chi connectivity index (χ4v) is 4.62. The number of benzene rings is 2. The molecule has 2 aromatic rings. The van der Waals surface area contributed by atoms with Gasteiger partial charge in [0.2, 0.25) is 9.84 Å². The van der Waals surface area contributed by atoms with E-state index in [1.807, 2.05) is 13.8 Å². The van der Waals surface area contributed by atoms with Crippen LogP contribution in [0.4, 0.5) is 13.2 Å². The van der Waals surface area contributed by atoms with E-state index in [0.717, 1.165) is 17.6 Å². The molecule has 190 valence electrons. The van der Waals surface area contributed by atoms with Gasteiger partial charge >= 0.3 is 6.18 Å². The van der Waals surface area contributed by atoms with Gasteiger partial charge in [-0.15, -0.1) is 0 Å². The third-order valence-electron chi connectivity index (χ3n) is 5.55. The summed E-state index contributed by atoms with van der Waals surface area (Å²) in [5.41, 5.74) is -0.100. The number of carbonyl (C=O) groups excluding carboxylic acids is 1. The van der Waals surface area contributed by atoms with Crippen molar-refractivity contribution >= 4 is 27.8 Å². The number of halogens is 3. The maximum Gasteiger partial charge on any atom is 0.416 e. The van der Waals surface area contributed by atoms with Gasteiger partial charge in [0.1, 0.15) is 16.4 Å². The molecule has 0 unspecified atom stereocenters. The molecular formula is C26H29F3O5S. The van der Waals surface area contributed by atoms with Crippen molar-refractivity contribution in [2.45, 2.75) is 38.3 Å². The summed E-state index contributed by atoms with van der Waals surface area (Å²) in [7, 11) is -2.72. The molecule has 35 heavy (non-hydrogen) atoms. The number of alkyl halides is 3. The molecule has 0 aliphatic carbocycles. The number of allylic oxidation sites excluding steroid dienone is 1. The van der Waals surface area contributed by atoms with Crippen LogP contribution in [-0.4, -0.2) is 33.0 Å². The summed E-state index contributed by atoms with van der Waals surface area (Å²) < 4.78 is 70.3. The molecule has 0 heterocycles. The number of aliphatic hydroxyl groups excluding tert-OH is 1. The summed E-state index contributed by atoms with van der Waals surface area (Å²) in [6.45, 7) is 4.82. The molecule has 1 N–H and O–H groups in total. The van der Waals surface area contributed by atoms with E-state index < -0.39 is 27.5 Å². The van der Waals surface area contributed by atoms with E-state index in [0.29, 0.717) is 5.56 Å². The summed E-state index contributed by atoms with van der Waals surface area (Å²) in [6.07, 6.45) is -0.0455. The highest BCUT2D eigenvalue weighted by Crippen LogP contribution is 2.33. The topological polar surface area (TPSA) is 80.7 Å². The van der Waals surface area contributed by atoms with Gasteiger partial charge in [-0.2, -0.15) is 13.2 Å². The molecule has 9 heteroatoms. The second-order valence-electron chi connectivity index (χ2n) is 8.44. The first-order valence-corrected chi connectivity index (χ1v) is 12.4. The molecule has 0 fully saturated rings. The normalized spacial score (nSPS) is 13.6. The quantitative estimate of drug-likeness (QED) is 0.443. The average Bonchev–Trinajstić information content (AvgIpc) is 2.77. The first kappa shape index (κ1) is 28.3. The molecule has 0 amide bonds. The zero-order valence-corrected chi connectivity index (χ0v) is 20.8. The maximum absolute atomic E-state index is 13.1. The van der Waals surface area contributed by atoms with E-state index in [2.05, 4.69) is 0 Å². The van der Waals surface area contributed by atoms with Crippen LogP contribution in [0.3, 0.4) is 0 Å². The Morgan fingerprint density at radius 2 is 1.71 bits per heavy atom. The fourth-order valence-electron chi connectivity index (χ4n) is 3.46. The van der Waals surface area contributed by atoms with Gasteiger partial charge in [0.15, 0.2) is 0 Å². The summed E-state index contributed by atoms with van der Waals surface area (Å²) in [5, 5.41) is 10.2. The van der Waals surface area contributed by atoms with Crippen LogP contribution in [0.5, 0.6) is 5.75 Å². The standard InChI is InChI=1S/C26H29F3O5S/c1-17(2)21(16-30)23(31)7-5-6-19-10-11-25(24(15-19)34-4)35(32,33)13-12-20-9-8-18(3)22(14-20)26(27,28)29/h5-6,8-15,17,21,30H,7,16H2,1-4H3/b6-5+,13-12+/t21-/m0/s1. The SMILES string of the molecule is COc1cc(/C=C/CC(=O)[C@@H](CO)C(C)C)ccc1S(=O)(=O)/C=C/c1ccc(C)c(C(F)(F)F)c1. The molecule has 0 saturated heterocycles. The van der Waals surface area contributed by atoms with E-state index in [1.54, 1.807) is 12.2 Å². The van der Waals surface area contributed by atoms with Gasteiger partial charge in [-0.1, -0.05) is 44.2 Å². The molecule has 2 aromatic carbocycles. The number of sulfone groups is 1. The smallest absolute Gasteiger partial charge is 0.416 e. The molecule has 0 bridgehead atoms. The van der Waals surface area contributed by atoms with Crippen molar-refractivity contribution in [2.75, 3.05) is 13.7 Å². The first-order valence-electron chi connectivity index (χ1n) is 10.9. The average molecular weight is 511 g/mol. The van der Waals surface area contributed by atoms with E-state index in [1.165, 1.54) is 44.4 Å². The number of ether oxygens (including phenoxy) is 1. The Balaban J connectivity index is 2.26. The van der Waals surface area contributed by atoms with Crippen molar-refractivity contribution < 1.29 is 36.2 Å². The van der Waals surface area contributed by atoms with Gasteiger partial charge < -0.3 is 9.84 Å². The molecule has 0 aliphatic rings. The maximum atomic E-state index is 13.1. The van der Waals surface area contributed by atoms with Crippen LogP contribution in [0, 0.1) is 18.8 Å². The van der Waals surface area contributed by atoms with Crippen molar-refractivity contribution in [1.29, 1.82) is 0 Å². The Morgan fingerprint density at radius 3 is 2.29 bits per heavy atom. The number of aliphatic hydroxyl groups is 1. The zero-order chi connectivity index (χ0) is 26.4. The minimum absolute atomic E-state index is 0.0125. The van der Waals surface area contributed by atoms with Crippen LogP contribution in [0.25, 0.3) is 12.2 Å². The van der Waals surface area contributed by atoms with Crippen molar-refractivity contribution in [2.24, 2.45) is 11.8 Å². The predicted octanol–water partition coefficient (Wildman–Crippen LogP) is 5.70. The largest absolute Gasteiger partial charge is 0.495 e. The number of methoxy groups -OCH3 is 1. The van der Waals surface area contributed by atoms with Gasteiger partial charge in [0.25, 0.3) is 0 Å². The number of hydrogen-bond donors (Lipinski definition) is 1. The molecule has 0 saturated carbocycles. The van der Waals surface area contributed by atoms with Gasteiger partial charge in [0, 0.05) is 17.7 Å². The van der Waals surface area contributed by atoms with E-state index in [9.17, 15) is 31.5 Å². The Morgan fingerprint density at radius 1 is 1.09 bits per heavy atom. The monoisotopic (exact) mass is 510 g/mol. The van der Waals surface area contributed by atoms with Gasteiger partial charge in [-0.05, 0) is 53.8 Å². The lowest BCUT2D eigenvalue weighted by Crippen LogP contribution is -2.23.